The van der Waals surface area contributed by atoms with Gasteiger partial charge in [-0.2, -0.15) is 0 Å². The number of hydrogen-bond acceptors (Lipinski definition) is 9. The number of anilines is 1. The van der Waals surface area contributed by atoms with Crippen molar-refractivity contribution in [1.82, 2.24) is 20.0 Å². The molecule has 0 spiro atoms. The van der Waals surface area contributed by atoms with Crippen molar-refractivity contribution in [1.29, 1.82) is 0 Å². The minimum Gasteiger partial charge on any atom is -0.468 e. The molecule has 2 aromatic carbocycles. The zero-order valence-corrected chi connectivity index (χ0v) is 30.9. The summed E-state index contributed by atoms with van der Waals surface area (Å²) in [5, 5.41) is 2.69. The number of morpholine rings is 1. The number of rotatable bonds is 9. The number of ether oxygens (including phenoxy) is 3. The number of benzene rings is 2. The molecule has 3 amide bonds. The highest BCUT2D eigenvalue weighted by Crippen LogP contribution is 2.42. The van der Waals surface area contributed by atoms with Crippen LogP contribution in [0.3, 0.4) is 0 Å². The number of halogens is 1. The number of esters is 1. The predicted molar refractivity (Wildman–Crippen MR) is 190 cm³/mol. The smallest absolute Gasteiger partial charge is 0.410 e. The molecular formula is C38H52FN5O7. The van der Waals surface area contributed by atoms with Crippen molar-refractivity contribution < 1.29 is 37.8 Å². The number of carbonyl (C=O) groups is 4. The Morgan fingerprint density at radius 3 is 2.37 bits per heavy atom. The second-order valence-electron chi connectivity index (χ2n) is 15.2. The van der Waals surface area contributed by atoms with Gasteiger partial charge in [-0.3, -0.25) is 24.2 Å². The average Bonchev–Trinajstić information content (AvgIpc) is 3.38. The quantitative estimate of drug-likeness (QED) is 0.391. The minimum absolute atomic E-state index is 0.0668. The molecule has 2 aromatic rings. The van der Waals surface area contributed by atoms with Crippen LogP contribution in [-0.4, -0.2) is 128 Å². The highest BCUT2D eigenvalue weighted by Gasteiger charge is 2.48. The van der Waals surface area contributed by atoms with Crippen molar-refractivity contribution in [3.8, 4) is 0 Å². The van der Waals surface area contributed by atoms with Crippen molar-refractivity contribution in [3.63, 3.8) is 0 Å². The number of nitrogens with zero attached hydrogens (tertiary/aromatic N) is 4. The Bertz CT molecular complexity index is 1600. The molecule has 1 N–H and O–H groups in total. The Balaban J connectivity index is 1.43. The van der Waals surface area contributed by atoms with Crippen molar-refractivity contribution in [2.45, 2.75) is 77.1 Å². The molecule has 3 aliphatic rings. The summed E-state index contributed by atoms with van der Waals surface area (Å²) in [6.45, 7) is 14.7. The highest BCUT2D eigenvalue weighted by atomic mass is 19.1. The molecule has 0 saturated carbocycles. The summed E-state index contributed by atoms with van der Waals surface area (Å²) in [5.74, 6) is -1.47. The Hall–Kier alpha value is -4.07. The molecule has 3 aliphatic heterocycles. The predicted octanol–water partition coefficient (Wildman–Crippen LogP) is 3.34. The number of hydrogen-bond donors (Lipinski definition) is 1. The highest BCUT2D eigenvalue weighted by molar-refractivity contribution is 6.03. The van der Waals surface area contributed by atoms with E-state index in [1.807, 2.05) is 45.9 Å². The zero-order chi connectivity index (χ0) is 37.1. The monoisotopic (exact) mass is 709 g/mol. The van der Waals surface area contributed by atoms with Gasteiger partial charge in [0, 0.05) is 56.5 Å². The largest absolute Gasteiger partial charge is 0.468 e. The zero-order valence-electron chi connectivity index (χ0n) is 30.9. The first-order valence-electron chi connectivity index (χ1n) is 17.7. The summed E-state index contributed by atoms with van der Waals surface area (Å²) >= 11 is 0. The van der Waals surface area contributed by atoms with Crippen LogP contribution >= 0.6 is 0 Å². The molecule has 5 rings (SSSR count). The van der Waals surface area contributed by atoms with Gasteiger partial charge in [0.2, 0.25) is 11.8 Å². The second kappa shape index (κ2) is 15.7. The van der Waals surface area contributed by atoms with E-state index in [0.29, 0.717) is 50.5 Å². The van der Waals surface area contributed by atoms with Crippen LogP contribution < -0.4 is 10.2 Å². The van der Waals surface area contributed by atoms with Crippen molar-refractivity contribution >= 4 is 29.6 Å². The van der Waals surface area contributed by atoms with E-state index in [2.05, 4.69) is 22.0 Å². The molecule has 3 heterocycles. The van der Waals surface area contributed by atoms with Crippen LogP contribution in [0.4, 0.5) is 14.9 Å². The molecule has 0 bridgehead atoms. The molecule has 51 heavy (non-hydrogen) atoms. The van der Waals surface area contributed by atoms with Crippen LogP contribution in [0, 0.1) is 5.82 Å². The van der Waals surface area contributed by atoms with Crippen molar-refractivity contribution in [2.24, 2.45) is 0 Å². The van der Waals surface area contributed by atoms with Gasteiger partial charge in [0.1, 0.15) is 18.0 Å². The van der Waals surface area contributed by atoms with Crippen LogP contribution in [0.2, 0.25) is 0 Å². The summed E-state index contributed by atoms with van der Waals surface area (Å²) in [6.07, 6.45) is 0.127. The molecule has 2 fully saturated rings. The Morgan fingerprint density at radius 1 is 1.00 bits per heavy atom. The third-order valence-corrected chi connectivity index (χ3v) is 10.0. The molecular weight excluding hydrogens is 657 g/mol. The van der Waals surface area contributed by atoms with Gasteiger partial charge in [-0.1, -0.05) is 24.3 Å². The number of nitrogens with one attached hydrogen (secondary N) is 1. The maximum atomic E-state index is 14.5. The fourth-order valence-electron chi connectivity index (χ4n) is 7.15. The SMILES string of the molecule is COC(=O)CNC(=O)[C@@]1(C)CN(C(=O)CN2C[C@@H](C)N(C(=O)OC(C)(C)C)C[C@@H]2CN2CCOC[C@H]2C)c2cc(Cc3ccc(F)cc3)ccc21. The molecule has 4 atom stereocenters. The summed E-state index contributed by atoms with van der Waals surface area (Å²) in [7, 11) is 1.26. The number of carbonyl (C=O) groups excluding carboxylic acids is 4. The van der Waals surface area contributed by atoms with Gasteiger partial charge in [0.25, 0.3) is 0 Å². The Morgan fingerprint density at radius 2 is 1.71 bits per heavy atom. The fourth-order valence-corrected chi connectivity index (χ4v) is 7.15. The summed E-state index contributed by atoms with van der Waals surface area (Å²) < 4.78 is 29.8. The van der Waals surface area contributed by atoms with E-state index in [1.54, 1.807) is 28.9 Å². The summed E-state index contributed by atoms with van der Waals surface area (Å²) in [5.41, 5.74) is 1.31. The van der Waals surface area contributed by atoms with Crippen LogP contribution in [0.1, 0.15) is 58.2 Å². The summed E-state index contributed by atoms with van der Waals surface area (Å²) in [6, 6.07) is 11.8. The normalized spacial score (nSPS) is 24.2. The molecule has 0 radical (unpaired) electrons. The fraction of sp³-hybridized carbons (Fsp3) is 0.579. The van der Waals surface area contributed by atoms with Crippen molar-refractivity contribution in [3.05, 3.63) is 65.0 Å². The molecule has 12 nitrogen and oxygen atoms in total. The number of piperazine rings is 1. The van der Waals surface area contributed by atoms with E-state index < -0.39 is 22.9 Å². The summed E-state index contributed by atoms with van der Waals surface area (Å²) in [4.78, 5) is 61.3. The average molecular weight is 710 g/mol. The third-order valence-electron chi connectivity index (χ3n) is 10.0. The van der Waals surface area contributed by atoms with Crippen LogP contribution in [0.15, 0.2) is 42.5 Å². The Labute approximate surface area is 300 Å². The molecule has 278 valence electrons. The maximum absolute atomic E-state index is 14.5. The second-order valence-corrected chi connectivity index (χ2v) is 15.2. The first-order valence-corrected chi connectivity index (χ1v) is 17.7. The van der Waals surface area contributed by atoms with Gasteiger partial charge in [0.05, 0.1) is 32.3 Å². The first-order chi connectivity index (χ1) is 24.1. The maximum Gasteiger partial charge on any atom is 0.410 e. The van der Waals surface area contributed by atoms with Gasteiger partial charge < -0.3 is 29.3 Å². The third kappa shape index (κ3) is 9.06. The Kier molecular flexibility index (Phi) is 11.7. The molecule has 0 unspecified atom stereocenters. The topological polar surface area (TPSA) is 121 Å². The van der Waals surface area contributed by atoms with E-state index in [4.69, 9.17) is 14.2 Å². The minimum atomic E-state index is -1.14. The lowest BCUT2D eigenvalue weighted by Gasteiger charge is -2.47. The van der Waals surface area contributed by atoms with Gasteiger partial charge >= 0.3 is 12.1 Å². The standard InChI is InChI=1S/C38H52FN5O7/c1-25-19-42(30(20-41-14-15-50-23-26(41)2)21-43(25)36(48)51-37(3,4)5)22-33(45)44-24-38(6,35(47)40-18-34(46)49-7)31-13-10-28(17-32(31)44)16-27-8-11-29(39)12-9-27/h8-13,17,25-26,30H,14-16,18-24H2,1-7H3,(H,40,47)/t25-,26-,30+,38+/m1/s1. The molecule has 13 heteroatoms. The lowest BCUT2D eigenvalue weighted by molar-refractivity contribution is -0.141. The number of fused-ring (bicyclic) bond motifs is 1. The van der Waals surface area contributed by atoms with Crippen LogP contribution in [-0.2, 0) is 40.4 Å². The lowest BCUT2D eigenvalue weighted by atomic mass is 9.83. The van der Waals surface area contributed by atoms with Crippen molar-refractivity contribution in [2.75, 3.05) is 71.0 Å². The van der Waals surface area contributed by atoms with Crippen LogP contribution in [0.25, 0.3) is 0 Å². The first kappa shape index (κ1) is 38.2. The van der Waals surface area contributed by atoms with Gasteiger partial charge in [-0.15, -0.1) is 0 Å². The van der Waals surface area contributed by atoms with E-state index in [9.17, 15) is 23.6 Å². The van der Waals surface area contributed by atoms with E-state index >= 15 is 0 Å². The van der Waals surface area contributed by atoms with Gasteiger partial charge in [0.15, 0.2) is 0 Å². The molecule has 0 aliphatic carbocycles. The molecule has 2 saturated heterocycles. The van der Waals surface area contributed by atoms with Gasteiger partial charge in [-0.05, 0) is 82.9 Å². The van der Waals surface area contributed by atoms with E-state index in [1.165, 1.54) is 19.2 Å². The number of amides is 3. The van der Waals surface area contributed by atoms with Gasteiger partial charge in [-0.25, -0.2) is 9.18 Å². The number of methoxy groups -OCH3 is 1. The molecule has 0 aromatic heterocycles. The van der Waals surface area contributed by atoms with E-state index in [-0.39, 0.29) is 55.6 Å². The lowest BCUT2D eigenvalue weighted by Crippen LogP contribution is -2.64. The van der Waals surface area contributed by atoms with E-state index in [0.717, 1.165) is 17.7 Å². The van der Waals surface area contributed by atoms with Crippen LogP contribution in [0.5, 0.6) is 0 Å².